The van der Waals surface area contributed by atoms with Gasteiger partial charge in [-0.25, -0.2) is 4.98 Å². The lowest BCUT2D eigenvalue weighted by Gasteiger charge is -2.11. The van der Waals surface area contributed by atoms with Gasteiger partial charge in [-0.3, -0.25) is 5.84 Å². The molecule has 0 saturated heterocycles. The van der Waals surface area contributed by atoms with Crippen molar-refractivity contribution >= 4 is 27.2 Å². The van der Waals surface area contributed by atoms with Gasteiger partial charge in [0.1, 0.15) is 0 Å². The number of thiophene rings is 1. The number of anilines is 1. The number of nitrogens with zero attached hydrogens (tertiary/aromatic N) is 1. The number of fused-ring (bicyclic) bond motifs is 1. The van der Waals surface area contributed by atoms with Gasteiger partial charge in [-0.05, 0) is 18.4 Å². The average molecular weight is 255 g/mol. The van der Waals surface area contributed by atoms with Crippen LogP contribution in [0.15, 0.2) is 41.8 Å². The third-order valence-electron chi connectivity index (χ3n) is 3.03. The molecule has 0 amide bonds. The molecular formula is C14H13N3S. The number of benzene rings is 1. The van der Waals surface area contributed by atoms with Crippen LogP contribution >= 0.6 is 11.3 Å². The Bertz CT molecular complexity index is 689. The Morgan fingerprint density at radius 3 is 2.67 bits per heavy atom. The topological polar surface area (TPSA) is 50.9 Å². The Kier molecular flexibility index (Phi) is 2.74. The number of hydrogen-bond donors (Lipinski definition) is 2. The van der Waals surface area contributed by atoms with Gasteiger partial charge in [-0.1, -0.05) is 30.3 Å². The maximum atomic E-state index is 5.65. The van der Waals surface area contributed by atoms with Crippen LogP contribution in [0, 0.1) is 6.92 Å². The SMILES string of the molecule is Cc1c(-c2ccccc2)nc2ccsc2c1NN. The molecule has 0 unspecified atom stereocenters. The third kappa shape index (κ3) is 1.66. The molecule has 0 radical (unpaired) electrons. The highest BCUT2D eigenvalue weighted by molar-refractivity contribution is 7.17. The number of nitrogens with one attached hydrogen (secondary N) is 1. The Morgan fingerprint density at radius 1 is 1.17 bits per heavy atom. The minimum atomic E-state index is 0.967. The van der Waals surface area contributed by atoms with Crippen LogP contribution in [0.1, 0.15) is 5.56 Å². The molecule has 0 saturated carbocycles. The molecule has 3 nitrogen and oxygen atoms in total. The zero-order valence-corrected chi connectivity index (χ0v) is 10.8. The van der Waals surface area contributed by atoms with Gasteiger partial charge in [0.2, 0.25) is 0 Å². The minimum Gasteiger partial charge on any atom is -0.322 e. The Morgan fingerprint density at radius 2 is 1.94 bits per heavy atom. The van der Waals surface area contributed by atoms with E-state index in [0.717, 1.165) is 32.7 Å². The van der Waals surface area contributed by atoms with Crippen molar-refractivity contribution in [2.75, 3.05) is 5.43 Å². The molecule has 18 heavy (non-hydrogen) atoms. The number of pyridine rings is 1. The number of hydrazine groups is 1. The lowest BCUT2D eigenvalue weighted by Crippen LogP contribution is -2.09. The van der Waals surface area contributed by atoms with E-state index < -0.39 is 0 Å². The monoisotopic (exact) mass is 255 g/mol. The van der Waals surface area contributed by atoms with Gasteiger partial charge >= 0.3 is 0 Å². The van der Waals surface area contributed by atoms with Crippen molar-refractivity contribution in [1.29, 1.82) is 0 Å². The largest absolute Gasteiger partial charge is 0.322 e. The van der Waals surface area contributed by atoms with Gasteiger partial charge in [0, 0.05) is 11.1 Å². The summed E-state index contributed by atoms with van der Waals surface area (Å²) < 4.78 is 1.11. The van der Waals surface area contributed by atoms with E-state index in [1.807, 2.05) is 36.6 Å². The van der Waals surface area contributed by atoms with E-state index in [-0.39, 0.29) is 0 Å². The fourth-order valence-electron chi connectivity index (χ4n) is 2.12. The molecule has 0 aliphatic rings. The highest BCUT2D eigenvalue weighted by atomic mass is 32.1. The van der Waals surface area contributed by atoms with Crippen molar-refractivity contribution in [3.63, 3.8) is 0 Å². The van der Waals surface area contributed by atoms with Crippen LogP contribution in [0.25, 0.3) is 21.5 Å². The van der Waals surface area contributed by atoms with E-state index in [1.165, 1.54) is 0 Å². The van der Waals surface area contributed by atoms with Crippen LogP contribution < -0.4 is 11.3 Å². The second-order valence-corrected chi connectivity index (χ2v) is 5.02. The summed E-state index contributed by atoms with van der Waals surface area (Å²) in [6, 6.07) is 12.2. The number of rotatable bonds is 2. The van der Waals surface area contributed by atoms with E-state index in [4.69, 9.17) is 10.8 Å². The summed E-state index contributed by atoms with van der Waals surface area (Å²) in [4.78, 5) is 4.73. The van der Waals surface area contributed by atoms with E-state index >= 15 is 0 Å². The molecule has 2 aromatic heterocycles. The lowest BCUT2D eigenvalue weighted by atomic mass is 10.1. The molecule has 3 N–H and O–H groups in total. The molecule has 2 heterocycles. The number of aromatic nitrogens is 1. The smallest absolute Gasteiger partial charge is 0.0839 e. The van der Waals surface area contributed by atoms with Gasteiger partial charge < -0.3 is 5.43 Å². The average Bonchev–Trinajstić information content (AvgIpc) is 2.87. The molecule has 0 spiro atoms. The highest BCUT2D eigenvalue weighted by Crippen LogP contribution is 2.35. The van der Waals surface area contributed by atoms with Gasteiger partial charge in [-0.15, -0.1) is 11.3 Å². The molecule has 0 fully saturated rings. The van der Waals surface area contributed by atoms with Crippen LogP contribution in [0.2, 0.25) is 0 Å². The summed E-state index contributed by atoms with van der Waals surface area (Å²) in [6.45, 7) is 2.05. The van der Waals surface area contributed by atoms with E-state index in [1.54, 1.807) is 11.3 Å². The molecular weight excluding hydrogens is 242 g/mol. The maximum absolute atomic E-state index is 5.65. The van der Waals surface area contributed by atoms with Gasteiger partial charge in [-0.2, -0.15) is 0 Å². The van der Waals surface area contributed by atoms with Gasteiger partial charge in [0.25, 0.3) is 0 Å². The van der Waals surface area contributed by atoms with Crippen LogP contribution in [0.5, 0.6) is 0 Å². The van der Waals surface area contributed by atoms with E-state index in [2.05, 4.69) is 17.6 Å². The van der Waals surface area contributed by atoms with Crippen molar-refractivity contribution in [3.8, 4) is 11.3 Å². The lowest BCUT2D eigenvalue weighted by molar-refractivity contribution is 1.28. The summed E-state index contributed by atoms with van der Waals surface area (Å²) in [6.07, 6.45) is 0. The molecule has 1 aromatic carbocycles. The molecule has 3 rings (SSSR count). The Labute approximate surface area is 109 Å². The number of nitrogen functional groups attached to an aromatic ring is 1. The predicted octanol–water partition coefficient (Wildman–Crippen LogP) is 3.56. The fraction of sp³-hybridized carbons (Fsp3) is 0.0714. The molecule has 0 aliphatic heterocycles. The summed E-state index contributed by atoms with van der Waals surface area (Å²) in [5.41, 5.74) is 7.93. The first kappa shape index (κ1) is 11.2. The fourth-order valence-corrected chi connectivity index (χ4v) is 3.02. The molecule has 3 aromatic rings. The van der Waals surface area contributed by atoms with Crippen molar-refractivity contribution < 1.29 is 0 Å². The second-order valence-electron chi connectivity index (χ2n) is 4.11. The van der Waals surface area contributed by atoms with Crippen molar-refractivity contribution in [2.45, 2.75) is 6.92 Å². The first-order valence-corrected chi connectivity index (χ1v) is 6.59. The zero-order valence-electron chi connectivity index (χ0n) is 9.97. The van der Waals surface area contributed by atoms with Crippen molar-refractivity contribution in [2.24, 2.45) is 5.84 Å². The second kappa shape index (κ2) is 4.40. The molecule has 0 atom stereocenters. The predicted molar refractivity (Wildman–Crippen MR) is 77.6 cm³/mol. The molecule has 4 heteroatoms. The summed E-state index contributed by atoms with van der Waals surface area (Å²) in [5, 5.41) is 2.03. The number of hydrogen-bond acceptors (Lipinski definition) is 4. The zero-order chi connectivity index (χ0) is 12.5. The normalized spacial score (nSPS) is 10.8. The van der Waals surface area contributed by atoms with Crippen LogP contribution in [-0.2, 0) is 0 Å². The van der Waals surface area contributed by atoms with Gasteiger partial charge in [0.15, 0.2) is 0 Å². The standard InChI is InChI=1S/C14H13N3S/c1-9-12(10-5-3-2-4-6-10)16-11-7-8-18-14(11)13(9)17-15/h2-8H,15H2,1H3,(H,16,17). The van der Waals surface area contributed by atoms with Crippen LogP contribution in [0.3, 0.4) is 0 Å². The Balaban J connectivity index is 2.33. The number of nitrogens with two attached hydrogens (primary N) is 1. The summed E-state index contributed by atoms with van der Waals surface area (Å²) >= 11 is 1.65. The maximum Gasteiger partial charge on any atom is 0.0839 e. The van der Waals surface area contributed by atoms with Gasteiger partial charge in [0.05, 0.1) is 21.6 Å². The Hall–Kier alpha value is -1.91. The highest BCUT2D eigenvalue weighted by Gasteiger charge is 2.13. The first-order chi connectivity index (χ1) is 8.81. The van der Waals surface area contributed by atoms with Crippen LogP contribution in [0.4, 0.5) is 5.69 Å². The minimum absolute atomic E-state index is 0.967. The molecule has 90 valence electrons. The van der Waals surface area contributed by atoms with E-state index in [9.17, 15) is 0 Å². The molecule has 0 aliphatic carbocycles. The first-order valence-electron chi connectivity index (χ1n) is 5.71. The quantitative estimate of drug-likeness (QED) is 0.544. The summed E-state index contributed by atoms with van der Waals surface area (Å²) in [5.74, 6) is 5.65. The summed E-state index contributed by atoms with van der Waals surface area (Å²) in [7, 11) is 0. The van der Waals surface area contributed by atoms with Crippen molar-refractivity contribution in [3.05, 3.63) is 47.3 Å². The molecule has 0 bridgehead atoms. The third-order valence-corrected chi connectivity index (χ3v) is 3.95. The van der Waals surface area contributed by atoms with Crippen molar-refractivity contribution in [1.82, 2.24) is 4.98 Å². The van der Waals surface area contributed by atoms with Crippen LogP contribution in [-0.4, -0.2) is 4.98 Å². The van der Waals surface area contributed by atoms with E-state index in [0.29, 0.717) is 0 Å².